The second-order valence-corrected chi connectivity index (χ2v) is 0. The van der Waals surface area contributed by atoms with Gasteiger partial charge in [-0.1, -0.05) is 0 Å². The fourth-order valence-corrected chi connectivity index (χ4v) is 0. The predicted molar refractivity (Wildman–Crippen MR) is 17.3 cm³/mol. The Labute approximate surface area is 92.8 Å². The average Bonchev–Trinajstić information content (AvgIpc) is 0. The van der Waals surface area contributed by atoms with Gasteiger partial charge in [0.05, 0.1) is 0 Å². The molecule has 0 atom stereocenters. The van der Waals surface area contributed by atoms with Crippen molar-refractivity contribution < 1.29 is 33.6 Å². The molecule has 12 radical (unpaired) electrons. The quantitative estimate of drug-likeness (QED) is 0.464. The van der Waals surface area contributed by atoms with Crippen molar-refractivity contribution in [1.82, 2.24) is 0 Å². The monoisotopic (exact) mass is 384 g/mol. The Morgan fingerprint density at radius 3 is 1.00 bits per heavy atom. The molecule has 0 saturated carbocycles. The Kier molecular flexibility index (Phi) is 256. The Bertz CT molecular complexity index is 11.6. The summed E-state index contributed by atoms with van der Waals surface area (Å²) in [4.78, 5) is 0. The van der Waals surface area contributed by atoms with Crippen LogP contribution in [-0.4, -0.2) is 60.7 Å². The van der Waals surface area contributed by atoms with Crippen molar-refractivity contribution in [3.63, 3.8) is 0 Å². The van der Waals surface area contributed by atoms with Crippen molar-refractivity contribution in [2.45, 2.75) is 0 Å². The second kappa shape index (κ2) is 28.6. The first-order valence-corrected chi connectivity index (χ1v) is 0. The van der Waals surface area contributed by atoms with E-state index in [1.54, 1.807) is 0 Å². The fourth-order valence-electron chi connectivity index (χ4n) is 0. The molecule has 32 valence electrons. The van der Waals surface area contributed by atoms with Gasteiger partial charge in [0.25, 0.3) is 0 Å². The summed E-state index contributed by atoms with van der Waals surface area (Å²) in [6, 6.07) is 0. The van der Waals surface area contributed by atoms with E-state index >= 15 is 0 Å². The molecule has 0 nitrogen and oxygen atoms in total. The van der Waals surface area contributed by atoms with E-state index in [-0.39, 0.29) is 94.3 Å². The van der Waals surface area contributed by atoms with Crippen LogP contribution in [0.2, 0.25) is 0 Å². The van der Waals surface area contributed by atoms with Crippen LogP contribution >= 0.6 is 0 Å². The zero-order chi connectivity index (χ0) is 0. The van der Waals surface area contributed by atoms with Crippen LogP contribution in [0.15, 0.2) is 0 Å². The standard InChI is InChI=1S/Cu.In.Ni.Si.Sn. The van der Waals surface area contributed by atoms with Crippen molar-refractivity contribution in [2.24, 2.45) is 0 Å². The van der Waals surface area contributed by atoms with Gasteiger partial charge in [0.1, 0.15) is 0 Å². The molecule has 0 aromatic carbocycles. The summed E-state index contributed by atoms with van der Waals surface area (Å²) in [6.07, 6.45) is 0. The van der Waals surface area contributed by atoms with E-state index in [4.69, 9.17) is 0 Å². The summed E-state index contributed by atoms with van der Waals surface area (Å²) in [7, 11) is 0. The maximum Gasteiger partial charge on any atom is 0 e. The fraction of sp³-hybridized carbons (Fsp3) is 0. The number of hydrogen-bond acceptors (Lipinski definition) is 0. The van der Waals surface area contributed by atoms with Gasteiger partial charge in [-0.05, 0) is 0 Å². The molecule has 0 saturated heterocycles. The van der Waals surface area contributed by atoms with E-state index in [0.29, 0.717) is 0 Å². The third kappa shape index (κ3) is 19.7. The van der Waals surface area contributed by atoms with Gasteiger partial charge in [-0.15, -0.1) is 0 Å². The molecule has 0 bridgehead atoms. The zero-order valence-electron chi connectivity index (χ0n) is 2.20. The Morgan fingerprint density at radius 1 is 1.00 bits per heavy atom. The SMILES string of the molecule is [Cu].[In].[Ni].[Si].[Sn]. The first-order chi connectivity index (χ1) is 0. The largest absolute Gasteiger partial charge is 0 e. The van der Waals surface area contributed by atoms with Crippen LogP contribution in [0.25, 0.3) is 0 Å². The van der Waals surface area contributed by atoms with Gasteiger partial charge < -0.3 is 0 Å². The minimum atomic E-state index is 0. The Hall–Kier alpha value is 2.90. The van der Waals surface area contributed by atoms with Crippen molar-refractivity contribution in [3.8, 4) is 0 Å². The van der Waals surface area contributed by atoms with E-state index < -0.39 is 0 Å². The van der Waals surface area contributed by atoms with Gasteiger partial charge in [0.2, 0.25) is 0 Å². The van der Waals surface area contributed by atoms with Gasteiger partial charge in [-0.25, -0.2) is 0 Å². The first-order valence-electron chi connectivity index (χ1n) is 0. The summed E-state index contributed by atoms with van der Waals surface area (Å²) in [6.45, 7) is 0. The van der Waals surface area contributed by atoms with Gasteiger partial charge in [-0.2, -0.15) is 0 Å². The molecule has 0 aromatic rings. The van der Waals surface area contributed by atoms with Gasteiger partial charge in [0, 0.05) is 94.3 Å². The number of hydrogen-bond donors (Lipinski definition) is 0. The molecule has 0 aliphatic rings. The van der Waals surface area contributed by atoms with Crippen LogP contribution in [0.1, 0.15) is 0 Å². The van der Waals surface area contributed by atoms with Crippen molar-refractivity contribution in [1.29, 1.82) is 0 Å². The summed E-state index contributed by atoms with van der Waals surface area (Å²) < 4.78 is 0. The topological polar surface area (TPSA) is 0 Å². The minimum Gasteiger partial charge on any atom is 0 e. The van der Waals surface area contributed by atoms with Crippen LogP contribution in [-0.2, 0) is 33.6 Å². The first kappa shape index (κ1) is 44.7. The third-order valence-corrected chi connectivity index (χ3v) is 0. The average molecular weight is 384 g/mol. The van der Waals surface area contributed by atoms with Crippen LogP contribution < -0.4 is 0 Å². The third-order valence-electron chi connectivity index (χ3n) is 0. The van der Waals surface area contributed by atoms with Crippen LogP contribution in [0.5, 0.6) is 0 Å². The summed E-state index contributed by atoms with van der Waals surface area (Å²) in [5.74, 6) is 0. The second-order valence-electron chi connectivity index (χ2n) is 0. The Balaban J connectivity index is 0. The van der Waals surface area contributed by atoms with Crippen LogP contribution in [0, 0.1) is 0 Å². The van der Waals surface area contributed by atoms with Crippen molar-refractivity contribution in [2.75, 3.05) is 0 Å². The minimum absolute atomic E-state index is 0. The molecule has 5 heteroatoms. The molecule has 0 aliphatic carbocycles. The van der Waals surface area contributed by atoms with E-state index in [2.05, 4.69) is 0 Å². The molecular weight excluding hydrogens is 384 g/mol. The maximum absolute atomic E-state index is 0. The smallest absolute Gasteiger partial charge is 0 e. The van der Waals surface area contributed by atoms with Crippen LogP contribution in [0.4, 0.5) is 0 Å². The van der Waals surface area contributed by atoms with E-state index in [1.165, 1.54) is 0 Å². The molecule has 0 amide bonds. The van der Waals surface area contributed by atoms with E-state index in [9.17, 15) is 0 Å². The molecule has 0 heterocycles. The number of rotatable bonds is 0. The van der Waals surface area contributed by atoms with Crippen molar-refractivity contribution >= 4 is 60.7 Å². The normalized spacial score (nSPS) is 0. The predicted octanol–water partition coefficient (Wildman–Crippen LogP) is -1.15. The maximum atomic E-state index is 0. The zero-order valence-corrected chi connectivity index (χ0v) is 11.3. The van der Waals surface area contributed by atoms with E-state index in [0.717, 1.165) is 0 Å². The van der Waals surface area contributed by atoms with Gasteiger partial charge >= 0.3 is 0 Å². The van der Waals surface area contributed by atoms with Gasteiger partial charge in [0.15, 0.2) is 0 Å². The molecule has 0 aliphatic heterocycles. The Morgan fingerprint density at radius 2 is 1.00 bits per heavy atom. The molecule has 0 rings (SSSR count). The molecule has 0 unspecified atom stereocenters. The molecule has 5 heavy (non-hydrogen) atoms. The molecule has 0 spiro atoms. The summed E-state index contributed by atoms with van der Waals surface area (Å²) in [5, 5.41) is 0. The van der Waals surface area contributed by atoms with Crippen molar-refractivity contribution in [3.05, 3.63) is 0 Å². The molecule has 0 aromatic heterocycles. The van der Waals surface area contributed by atoms with Crippen LogP contribution in [0.3, 0.4) is 0 Å². The van der Waals surface area contributed by atoms with E-state index in [1.807, 2.05) is 0 Å². The summed E-state index contributed by atoms with van der Waals surface area (Å²) in [5.41, 5.74) is 0. The molecular formula is CuInNiSiSn. The summed E-state index contributed by atoms with van der Waals surface area (Å²) >= 11 is 0. The molecule has 0 fully saturated rings. The molecule has 0 N–H and O–H groups in total. The van der Waals surface area contributed by atoms with Gasteiger partial charge in [-0.3, -0.25) is 0 Å².